The van der Waals surface area contributed by atoms with E-state index in [1.807, 2.05) is 24.9 Å². The Labute approximate surface area is 138 Å². The fourth-order valence-corrected chi connectivity index (χ4v) is 3.56. The molecule has 1 amide bonds. The van der Waals surface area contributed by atoms with Gasteiger partial charge in [-0.15, -0.1) is 0 Å². The Morgan fingerprint density at radius 2 is 2.22 bits per heavy atom. The van der Waals surface area contributed by atoms with Crippen LogP contribution in [-0.4, -0.2) is 34.9 Å². The van der Waals surface area contributed by atoms with Crippen molar-refractivity contribution in [1.82, 2.24) is 15.2 Å². The van der Waals surface area contributed by atoms with Crippen molar-refractivity contribution in [3.05, 3.63) is 36.0 Å². The molecule has 0 spiro atoms. The van der Waals surface area contributed by atoms with Crippen molar-refractivity contribution in [2.45, 2.75) is 39.8 Å². The summed E-state index contributed by atoms with van der Waals surface area (Å²) < 4.78 is 0. The Morgan fingerprint density at radius 1 is 1.39 bits per heavy atom. The first kappa shape index (κ1) is 16.1. The van der Waals surface area contributed by atoms with Gasteiger partial charge in [0, 0.05) is 48.7 Å². The van der Waals surface area contributed by atoms with E-state index in [4.69, 9.17) is 0 Å². The van der Waals surface area contributed by atoms with E-state index < -0.39 is 0 Å². The Bertz CT molecular complexity index is 676. The van der Waals surface area contributed by atoms with Crippen molar-refractivity contribution in [2.75, 3.05) is 13.1 Å². The summed E-state index contributed by atoms with van der Waals surface area (Å²) >= 11 is 0. The highest BCUT2D eigenvalue weighted by Crippen LogP contribution is 2.21. The van der Waals surface area contributed by atoms with Gasteiger partial charge >= 0.3 is 0 Å². The largest absolute Gasteiger partial charge is 0.361 e. The molecule has 0 radical (unpaired) electrons. The zero-order valence-electron chi connectivity index (χ0n) is 14.3. The third-order valence-electron chi connectivity index (χ3n) is 4.95. The van der Waals surface area contributed by atoms with E-state index in [0.717, 1.165) is 26.1 Å². The molecule has 2 atom stereocenters. The number of H-pyrrole nitrogens is 1. The number of carbonyl (C=O) groups excluding carboxylic acids is 1. The lowest BCUT2D eigenvalue weighted by Crippen LogP contribution is -2.50. The number of rotatable bonds is 4. The molecule has 2 aromatic rings. The van der Waals surface area contributed by atoms with Crippen molar-refractivity contribution in [2.24, 2.45) is 11.8 Å². The summed E-state index contributed by atoms with van der Waals surface area (Å²) in [7, 11) is 0. The van der Waals surface area contributed by atoms with Gasteiger partial charge in [-0.2, -0.15) is 0 Å². The lowest BCUT2D eigenvalue weighted by molar-refractivity contribution is -0.136. The molecule has 3 rings (SSSR count). The molecule has 1 saturated heterocycles. The minimum atomic E-state index is 0.0953. The molecule has 2 N–H and O–H groups in total. The molecule has 1 aromatic heterocycles. The molecule has 0 saturated carbocycles. The van der Waals surface area contributed by atoms with Crippen LogP contribution in [-0.2, 0) is 11.3 Å². The van der Waals surface area contributed by atoms with Crippen LogP contribution in [0.1, 0.15) is 32.8 Å². The number of aromatic amines is 1. The number of hydrogen-bond acceptors (Lipinski definition) is 2. The minimum absolute atomic E-state index is 0.0953. The Hall–Kier alpha value is -1.81. The second-order valence-corrected chi connectivity index (χ2v) is 7.05. The molecule has 1 fully saturated rings. The van der Waals surface area contributed by atoms with Crippen LogP contribution in [0.2, 0.25) is 0 Å². The zero-order chi connectivity index (χ0) is 16.4. The van der Waals surface area contributed by atoms with Gasteiger partial charge < -0.3 is 15.2 Å². The van der Waals surface area contributed by atoms with E-state index in [0.29, 0.717) is 12.0 Å². The van der Waals surface area contributed by atoms with Gasteiger partial charge in [0.1, 0.15) is 0 Å². The van der Waals surface area contributed by atoms with Gasteiger partial charge in [0.2, 0.25) is 5.91 Å². The van der Waals surface area contributed by atoms with Gasteiger partial charge in [0.15, 0.2) is 0 Å². The number of benzene rings is 1. The summed E-state index contributed by atoms with van der Waals surface area (Å²) in [5.41, 5.74) is 2.52. The molecule has 0 bridgehead atoms. The molecular formula is C19H27N3O. The summed E-state index contributed by atoms with van der Waals surface area (Å²) in [6, 6.07) is 9.01. The molecule has 1 aliphatic rings. The standard InChI is InChI=1S/C19H27N3O/c1-13(2)19(23)22-10-8-17(14(3)12-22)21-11-15-5-4-6-18-16(15)7-9-20-18/h4-7,9,13-14,17,20-21H,8,10-12H2,1-3H3/t14-,17+/m1/s1. The van der Waals surface area contributed by atoms with E-state index >= 15 is 0 Å². The van der Waals surface area contributed by atoms with E-state index in [-0.39, 0.29) is 11.8 Å². The van der Waals surface area contributed by atoms with E-state index in [9.17, 15) is 4.79 Å². The highest BCUT2D eigenvalue weighted by Gasteiger charge is 2.29. The maximum atomic E-state index is 12.1. The smallest absolute Gasteiger partial charge is 0.225 e. The average molecular weight is 313 g/mol. The number of carbonyl (C=O) groups is 1. The Balaban J connectivity index is 1.59. The minimum Gasteiger partial charge on any atom is -0.361 e. The molecule has 4 heteroatoms. The van der Waals surface area contributed by atoms with Crippen LogP contribution in [0.5, 0.6) is 0 Å². The maximum absolute atomic E-state index is 12.1. The van der Waals surface area contributed by atoms with Crippen LogP contribution >= 0.6 is 0 Å². The lowest BCUT2D eigenvalue weighted by Gasteiger charge is -2.38. The van der Waals surface area contributed by atoms with Gasteiger partial charge in [0.05, 0.1) is 0 Å². The number of fused-ring (bicyclic) bond motifs is 1. The number of hydrogen-bond donors (Lipinski definition) is 2. The molecular weight excluding hydrogens is 286 g/mol. The number of nitrogens with zero attached hydrogens (tertiary/aromatic N) is 1. The average Bonchev–Trinajstić information content (AvgIpc) is 3.02. The summed E-state index contributed by atoms with van der Waals surface area (Å²) in [6.07, 6.45) is 3.02. The Kier molecular flexibility index (Phi) is 4.71. The zero-order valence-corrected chi connectivity index (χ0v) is 14.3. The fourth-order valence-electron chi connectivity index (χ4n) is 3.56. The molecule has 0 unspecified atom stereocenters. The van der Waals surface area contributed by atoms with Crippen LogP contribution in [0.25, 0.3) is 10.9 Å². The van der Waals surface area contributed by atoms with Crippen molar-refractivity contribution >= 4 is 16.8 Å². The highest BCUT2D eigenvalue weighted by atomic mass is 16.2. The van der Waals surface area contributed by atoms with Crippen LogP contribution in [0, 0.1) is 11.8 Å². The number of piperidine rings is 1. The second kappa shape index (κ2) is 6.75. The molecule has 23 heavy (non-hydrogen) atoms. The van der Waals surface area contributed by atoms with E-state index in [1.165, 1.54) is 16.5 Å². The second-order valence-electron chi connectivity index (χ2n) is 7.05. The SMILES string of the molecule is CC(C)C(=O)N1CC[C@H](NCc2cccc3[nH]ccc23)[C@H](C)C1. The number of aromatic nitrogens is 1. The third-order valence-corrected chi connectivity index (χ3v) is 4.95. The van der Waals surface area contributed by atoms with Crippen molar-refractivity contribution in [3.8, 4) is 0 Å². The number of likely N-dealkylation sites (tertiary alicyclic amines) is 1. The lowest BCUT2D eigenvalue weighted by atomic mass is 9.92. The summed E-state index contributed by atoms with van der Waals surface area (Å²) in [4.78, 5) is 17.4. The summed E-state index contributed by atoms with van der Waals surface area (Å²) in [6.45, 7) is 8.82. The van der Waals surface area contributed by atoms with Crippen molar-refractivity contribution < 1.29 is 4.79 Å². The summed E-state index contributed by atoms with van der Waals surface area (Å²) in [5, 5.41) is 5.00. The predicted molar refractivity (Wildman–Crippen MR) is 94.1 cm³/mol. The summed E-state index contributed by atoms with van der Waals surface area (Å²) in [5.74, 6) is 0.863. The van der Waals surface area contributed by atoms with Crippen LogP contribution in [0.3, 0.4) is 0 Å². The van der Waals surface area contributed by atoms with Gasteiger partial charge in [-0.1, -0.05) is 32.9 Å². The first-order valence-electron chi connectivity index (χ1n) is 8.63. The normalized spacial score (nSPS) is 22.0. The van der Waals surface area contributed by atoms with Gasteiger partial charge in [-0.25, -0.2) is 0 Å². The maximum Gasteiger partial charge on any atom is 0.225 e. The molecule has 0 aliphatic carbocycles. The molecule has 2 heterocycles. The van der Waals surface area contributed by atoms with Gasteiger partial charge in [-0.05, 0) is 30.0 Å². The van der Waals surface area contributed by atoms with Crippen molar-refractivity contribution in [1.29, 1.82) is 0 Å². The van der Waals surface area contributed by atoms with Gasteiger partial charge in [0.25, 0.3) is 0 Å². The van der Waals surface area contributed by atoms with E-state index in [1.54, 1.807) is 0 Å². The molecule has 4 nitrogen and oxygen atoms in total. The fraction of sp³-hybridized carbons (Fsp3) is 0.526. The quantitative estimate of drug-likeness (QED) is 0.911. The molecule has 1 aromatic carbocycles. The number of amides is 1. The van der Waals surface area contributed by atoms with Crippen molar-refractivity contribution in [3.63, 3.8) is 0 Å². The molecule has 1 aliphatic heterocycles. The first-order chi connectivity index (χ1) is 11.1. The van der Waals surface area contributed by atoms with Crippen LogP contribution in [0.15, 0.2) is 30.5 Å². The third kappa shape index (κ3) is 3.42. The van der Waals surface area contributed by atoms with Crippen LogP contribution in [0.4, 0.5) is 0 Å². The highest BCUT2D eigenvalue weighted by molar-refractivity contribution is 5.82. The predicted octanol–water partition coefficient (Wildman–Crippen LogP) is 3.15. The van der Waals surface area contributed by atoms with Crippen LogP contribution < -0.4 is 5.32 Å². The number of nitrogens with one attached hydrogen (secondary N) is 2. The molecule has 124 valence electrons. The topological polar surface area (TPSA) is 48.1 Å². The van der Waals surface area contributed by atoms with E-state index in [2.05, 4.69) is 41.5 Å². The first-order valence-corrected chi connectivity index (χ1v) is 8.63. The Morgan fingerprint density at radius 3 is 2.96 bits per heavy atom. The monoisotopic (exact) mass is 313 g/mol. The van der Waals surface area contributed by atoms with Gasteiger partial charge in [-0.3, -0.25) is 4.79 Å².